The number of rotatable bonds is 7. The van der Waals surface area contributed by atoms with Crippen molar-refractivity contribution in [1.29, 1.82) is 0 Å². The van der Waals surface area contributed by atoms with Crippen LogP contribution in [0.1, 0.15) is 51.6 Å². The van der Waals surface area contributed by atoms with E-state index in [1.165, 1.54) is 11.0 Å². The van der Waals surface area contributed by atoms with Crippen LogP contribution in [0.5, 0.6) is 0 Å². The number of hydrogen-bond donors (Lipinski definition) is 1. The summed E-state index contributed by atoms with van der Waals surface area (Å²) in [7, 11) is 0. The molecule has 1 unspecified atom stereocenters. The van der Waals surface area contributed by atoms with Crippen molar-refractivity contribution >= 4 is 11.7 Å². The summed E-state index contributed by atoms with van der Waals surface area (Å²) in [4.78, 5) is 26.5. The van der Waals surface area contributed by atoms with Gasteiger partial charge in [0.05, 0.1) is 11.6 Å². The molecule has 1 aliphatic heterocycles. The number of ketones is 1. The Kier molecular flexibility index (Phi) is 5.75. The van der Waals surface area contributed by atoms with E-state index < -0.39 is 23.5 Å². The summed E-state index contributed by atoms with van der Waals surface area (Å²) in [5.74, 6) is -1.84. The lowest BCUT2D eigenvalue weighted by Crippen LogP contribution is -2.32. The maximum Gasteiger partial charge on any atom is 0.290 e. The van der Waals surface area contributed by atoms with Crippen molar-refractivity contribution in [1.82, 2.24) is 4.90 Å². The molecule has 0 aliphatic carbocycles. The van der Waals surface area contributed by atoms with Crippen LogP contribution in [0.25, 0.3) is 0 Å². The second-order valence-electron chi connectivity index (χ2n) is 6.56. The van der Waals surface area contributed by atoms with Crippen molar-refractivity contribution in [2.24, 2.45) is 5.92 Å². The SMILES string of the molecule is CCCCN1C(=O)C(O)=C(C(=O)CC(C)C)C1c1ccccc1F. The van der Waals surface area contributed by atoms with E-state index in [0.717, 1.165) is 12.8 Å². The molecule has 1 aliphatic rings. The summed E-state index contributed by atoms with van der Waals surface area (Å²) in [5.41, 5.74) is 0.271. The molecule has 5 heteroatoms. The number of carbonyl (C=O) groups is 2. The molecule has 0 spiro atoms. The number of halogens is 1. The van der Waals surface area contributed by atoms with Crippen LogP contribution in [-0.2, 0) is 9.59 Å². The van der Waals surface area contributed by atoms with Crippen molar-refractivity contribution in [3.8, 4) is 0 Å². The minimum absolute atomic E-state index is 0.0231. The Morgan fingerprint density at radius 2 is 2.00 bits per heavy atom. The first-order chi connectivity index (χ1) is 11.4. The van der Waals surface area contributed by atoms with Crippen molar-refractivity contribution in [3.63, 3.8) is 0 Å². The topological polar surface area (TPSA) is 57.6 Å². The van der Waals surface area contributed by atoms with E-state index in [4.69, 9.17) is 0 Å². The Morgan fingerprint density at radius 1 is 1.33 bits per heavy atom. The molecule has 0 fully saturated rings. The van der Waals surface area contributed by atoms with Gasteiger partial charge in [-0.1, -0.05) is 45.4 Å². The molecule has 2 rings (SSSR count). The Bertz CT molecular complexity index is 666. The second-order valence-corrected chi connectivity index (χ2v) is 6.56. The van der Waals surface area contributed by atoms with Crippen molar-refractivity contribution in [2.75, 3.05) is 6.54 Å². The summed E-state index contributed by atoms with van der Waals surface area (Å²) >= 11 is 0. The third kappa shape index (κ3) is 3.50. The predicted molar refractivity (Wildman–Crippen MR) is 89.9 cm³/mol. The number of aliphatic hydroxyl groups excluding tert-OH is 1. The molecular formula is C19H24FNO3. The molecule has 1 aromatic rings. The second kappa shape index (κ2) is 7.60. The first kappa shape index (κ1) is 18.2. The zero-order valence-electron chi connectivity index (χ0n) is 14.4. The molecular weight excluding hydrogens is 309 g/mol. The number of amides is 1. The van der Waals surface area contributed by atoms with Gasteiger partial charge in [-0.3, -0.25) is 9.59 Å². The largest absolute Gasteiger partial charge is 0.503 e. The standard InChI is InChI=1S/C19H24FNO3/c1-4-5-10-21-17(13-8-6-7-9-14(13)20)16(18(23)19(21)24)15(22)11-12(2)3/h6-9,12,17,23H,4-5,10-11H2,1-3H3. The zero-order chi connectivity index (χ0) is 17.9. The van der Waals surface area contributed by atoms with Gasteiger partial charge in [-0.05, 0) is 18.4 Å². The van der Waals surface area contributed by atoms with Gasteiger partial charge in [-0.25, -0.2) is 4.39 Å². The van der Waals surface area contributed by atoms with Gasteiger partial charge in [0.1, 0.15) is 5.82 Å². The number of carbonyl (C=O) groups excluding carboxylic acids is 2. The van der Waals surface area contributed by atoms with Crippen LogP contribution in [-0.4, -0.2) is 28.2 Å². The summed E-state index contributed by atoms with van der Waals surface area (Å²) in [5, 5.41) is 10.3. The number of hydrogen-bond acceptors (Lipinski definition) is 3. The van der Waals surface area contributed by atoms with Crippen molar-refractivity contribution in [2.45, 2.75) is 46.1 Å². The molecule has 1 amide bonds. The molecule has 24 heavy (non-hydrogen) atoms. The number of benzene rings is 1. The number of nitrogens with zero attached hydrogens (tertiary/aromatic N) is 1. The highest BCUT2D eigenvalue weighted by atomic mass is 19.1. The molecule has 0 radical (unpaired) electrons. The van der Waals surface area contributed by atoms with E-state index in [9.17, 15) is 19.1 Å². The van der Waals surface area contributed by atoms with Crippen LogP contribution in [0.2, 0.25) is 0 Å². The van der Waals surface area contributed by atoms with Crippen LogP contribution in [0.3, 0.4) is 0 Å². The highest BCUT2D eigenvalue weighted by Gasteiger charge is 2.43. The maximum atomic E-state index is 14.3. The van der Waals surface area contributed by atoms with E-state index >= 15 is 0 Å². The van der Waals surface area contributed by atoms with Gasteiger partial charge in [-0.2, -0.15) is 0 Å². The Morgan fingerprint density at radius 3 is 2.58 bits per heavy atom. The van der Waals surface area contributed by atoms with E-state index in [1.807, 2.05) is 20.8 Å². The molecule has 4 nitrogen and oxygen atoms in total. The molecule has 0 saturated heterocycles. The molecule has 1 atom stereocenters. The first-order valence-corrected chi connectivity index (χ1v) is 8.40. The van der Waals surface area contributed by atoms with Crippen LogP contribution in [0.4, 0.5) is 4.39 Å². The summed E-state index contributed by atoms with van der Waals surface area (Å²) in [6.07, 6.45) is 1.78. The maximum absolute atomic E-state index is 14.3. The van der Waals surface area contributed by atoms with Gasteiger partial charge in [0.15, 0.2) is 11.5 Å². The number of Topliss-reactive ketones (excluding diaryl/α,β-unsaturated/α-hetero) is 1. The van der Waals surface area contributed by atoms with Crippen LogP contribution in [0, 0.1) is 11.7 Å². The molecule has 0 saturated carbocycles. The van der Waals surface area contributed by atoms with E-state index in [2.05, 4.69) is 0 Å². The first-order valence-electron chi connectivity index (χ1n) is 8.40. The fourth-order valence-corrected chi connectivity index (χ4v) is 3.00. The quantitative estimate of drug-likeness (QED) is 0.822. The normalized spacial score (nSPS) is 18.0. The van der Waals surface area contributed by atoms with Gasteiger partial charge in [-0.15, -0.1) is 0 Å². The molecule has 1 heterocycles. The molecule has 1 aromatic carbocycles. The minimum Gasteiger partial charge on any atom is -0.503 e. The zero-order valence-corrected chi connectivity index (χ0v) is 14.4. The molecule has 0 bridgehead atoms. The average Bonchev–Trinajstić information content (AvgIpc) is 2.77. The van der Waals surface area contributed by atoms with Gasteiger partial charge >= 0.3 is 0 Å². The molecule has 130 valence electrons. The fourth-order valence-electron chi connectivity index (χ4n) is 3.00. The lowest BCUT2D eigenvalue weighted by molar-refractivity contribution is -0.129. The fraction of sp³-hybridized carbons (Fsp3) is 0.474. The van der Waals surface area contributed by atoms with E-state index in [-0.39, 0.29) is 29.3 Å². The van der Waals surface area contributed by atoms with Gasteiger partial charge in [0.25, 0.3) is 5.91 Å². The van der Waals surface area contributed by atoms with E-state index in [0.29, 0.717) is 6.54 Å². The van der Waals surface area contributed by atoms with Crippen LogP contribution in [0.15, 0.2) is 35.6 Å². The lowest BCUT2D eigenvalue weighted by Gasteiger charge is -2.27. The highest BCUT2D eigenvalue weighted by molar-refractivity contribution is 6.09. The minimum atomic E-state index is -0.850. The van der Waals surface area contributed by atoms with Crippen LogP contribution >= 0.6 is 0 Å². The van der Waals surface area contributed by atoms with Crippen molar-refractivity contribution < 1.29 is 19.1 Å². The summed E-state index contributed by atoms with van der Waals surface area (Å²) < 4.78 is 14.3. The molecule has 1 N–H and O–H groups in total. The monoisotopic (exact) mass is 333 g/mol. The number of aliphatic hydroxyl groups is 1. The lowest BCUT2D eigenvalue weighted by atomic mass is 9.92. The predicted octanol–water partition coefficient (Wildman–Crippen LogP) is 3.94. The Balaban J connectivity index is 2.50. The highest BCUT2D eigenvalue weighted by Crippen LogP contribution is 2.39. The molecule has 0 aromatic heterocycles. The Labute approximate surface area is 142 Å². The van der Waals surface area contributed by atoms with Crippen LogP contribution < -0.4 is 0 Å². The van der Waals surface area contributed by atoms with Gasteiger partial charge in [0.2, 0.25) is 0 Å². The van der Waals surface area contributed by atoms with Gasteiger partial charge in [0, 0.05) is 18.5 Å². The Hall–Kier alpha value is -2.17. The van der Waals surface area contributed by atoms with Gasteiger partial charge < -0.3 is 10.0 Å². The third-order valence-electron chi connectivity index (χ3n) is 4.15. The summed E-state index contributed by atoms with van der Waals surface area (Å²) in [6.45, 7) is 6.13. The number of unbranched alkanes of at least 4 members (excludes halogenated alkanes) is 1. The third-order valence-corrected chi connectivity index (χ3v) is 4.15. The average molecular weight is 333 g/mol. The summed E-state index contributed by atoms with van der Waals surface area (Å²) in [6, 6.07) is 5.24. The van der Waals surface area contributed by atoms with E-state index in [1.54, 1.807) is 18.2 Å². The smallest absolute Gasteiger partial charge is 0.290 e. The van der Waals surface area contributed by atoms with Crippen molar-refractivity contribution in [3.05, 3.63) is 47.0 Å².